The van der Waals surface area contributed by atoms with Crippen molar-refractivity contribution in [3.8, 4) is 5.75 Å². The minimum Gasteiger partial charge on any atom is -0.495 e. The molecule has 4 nitrogen and oxygen atoms in total. The van der Waals surface area contributed by atoms with Gasteiger partial charge in [-0.15, -0.1) is 0 Å². The van der Waals surface area contributed by atoms with Crippen LogP contribution in [0.4, 0.5) is 0 Å². The molecule has 20 heavy (non-hydrogen) atoms. The summed E-state index contributed by atoms with van der Waals surface area (Å²) in [6.07, 6.45) is 0. The number of ketones is 1. The molecule has 5 heteroatoms. The van der Waals surface area contributed by atoms with Gasteiger partial charge in [-0.3, -0.25) is 4.79 Å². The zero-order valence-corrected chi connectivity index (χ0v) is 12.9. The standard InChI is InChI=1S/C15H21ClO4/c1-11(2)9-19-6-7-20-10-14(17)12-4-5-15(18-3)13(16)8-12/h4-5,8,11H,6-7,9-10H2,1-3H3. The molecule has 0 aromatic heterocycles. The van der Waals surface area contributed by atoms with Crippen molar-refractivity contribution in [3.63, 3.8) is 0 Å². The van der Waals surface area contributed by atoms with Crippen LogP contribution in [-0.4, -0.2) is 39.3 Å². The molecule has 1 rings (SSSR count). The van der Waals surface area contributed by atoms with E-state index in [1.165, 1.54) is 7.11 Å². The molecule has 0 atom stereocenters. The van der Waals surface area contributed by atoms with Crippen LogP contribution in [-0.2, 0) is 9.47 Å². The van der Waals surface area contributed by atoms with Crippen LogP contribution in [0, 0.1) is 5.92 Å². The van der Waals surface area contributed by atoms with E-state index in [-0.39, 0.29) is 12.4 Å². The summed E-state index contributed by atoms with van der Waals surface area (Å²) in [5, 5.41) is 0.415. The summed E-state index contributed by atoms with van der Waals surface area (Å²) in [5.41, 5.74) is 0.513. The average Bonchev–Trinajstić information content (AvgIpc) is 2.42. The lowest BCUT2D eigenvalue weighted by Gasteiger charge is -2.08. The van der Waals surface area contributed by atoms with E-state index < -0.39 is 0 Å². The smallest absolute Gasteiger partial charge is 0.188 e. The van der Waals surface area contributed by atoms with Crippen molar-refractivity contribution in [1.82, 2.24) is 0 Å². The fraction of sp³-hybridized carbons (Fsp3) is 0.533. The molecule has 1 aromatic rings. The van der Waals surface area contributed by atoms with Gasteiger partial charge < -0.3 is 14.2 Å². The largest absolute Gasteiger partial charge is 0.495 e. The van der Waals surface area contributed by atoms with Crippen molar-refractivity contribution >= 4 is 17.4 Å². The molecule has 0 aliphatic rings. The molecule has 0 bridgehead atoms. The Bertz CT molecular complexity index is 432. The SMILES string of the molecule is COc1ccc(C(=O)COCCOCC(C)C)cc1Cl. The molecule has 0 saturated heterocycles. The number of rotatable bonds is 9. The van der Waals surface area contributed by atoms with Gasteiger partial charge in [0.15, 0.2) is 5.78 Å². The number of carbonyl (C=O) groups excluding carboxylic acids is 1. The lowest BCUT2D eigenvalue weighted by molar-refractivity contribution is 0.0364. The molecule has 0 amide bonds. The predicted octanol–water partition coefficient (Wildman–Crippen LogP) is 3.22. The van der Waals surface area contributed by atoms with Crippen LogP contribution in [0.25, 0.3) is 0 Å². The van der Waals surface area contributed by atoms with Crippen LogP contribution in [0.5, 0.6) is 5.75 Å². The minimum atomic E-state index is -0.113. The van der Waals surface area contributed by atoms with Gasteiger partial charge in [0.25, 0.3) is 0 Å². The molecule has 112 valence electrons. The van der Waals surface area contributed by atoms with Gasteiger partial charge >= 0.3 is 0 Å². The lowest BCUT2D eigenvalue weighted by atomic mass is 10.1. The van der Waals surface area contributed by atoms with E-state index in [1.807, 2.05) is 0 Å². The number of carbonyl (C=O) groups is 1. The van der Waals surface area contributed by atoms with Crippen LogP contribution in [0.2, 0.25) is 5.02 Å². The van der Waals surface area contributed by atoms with E-state index in [9.17, 15) is 4.79 Å². The molecule has 0 aliphatic carbocycles. The summed E-state index contributed by atoms with van der Waals surface area (Å²) in [6, 6.07) is 4.92. The number of hydrogen-bond acceptors (Lipinski definition) is 4. The number of ether oxygens (including phenoxy) is 3. The van der Waals surface area contributed by atoms with Gasteiger partial charge in [0.05, 0.1) is 25.3 Å². The molecule has 0 radical (unpaired) electrons. The third-order valence-corrected chi connectivity index (χ3v) is 2.83. The molecule has 0 spiro atoms. The first-order valence-electron chi connectivity index (χ1n) is 6.56. The third-order valence-electron chi connectivity index (χ3n) is 2.53. The molecule has 0 N–H and O–H groups in total. The second-order valence-corrected chi connectivity index (χ2v) is 5.20. The van der Waals surface area contributed by atoms with Crippen molar-refractivity contribution in [2.75, 3.05) is 33.5 Å². The maximum absolute atomic E-state index is 11.9. The highest BCUT2D eigenvalue weighted by molar-refractivity contribution is 6.32. The van der Waals surface area contributed by atoms with Crippen LogP contribution < -0.4 is 4.74 Å². The van der Waals surface area contributed by atoms with Crippen molar-refractivity contribution < 1.29 is 19.0 Å². The van der Waals surface area contributed by atoms with E-state index in [4.69, 9.17) is 25.8 Å². The Labute approximate surface area is 125 Å². The first-order valence-corrected chi connectivity index (χ1v) is 6.94. The quantitative estimate of drug-likeness (QED) is 0.519. The van der Waals surface area contributed by atoms with E-state index >= 15 is 0 Å². The third kappa shape index (κ3) is 5.90. The molecule has 0 aliphatic heterocycles. The van der Waals surface area contributed by atoms with Crippen LogP contribution in [0.1, 0.15) is 24.2 Å². The summed E-state index contributed by atoms with van der Waals surface area (Å²) in [6.45, 7) is 5.78. The molecule has 0 unspecified atom stereocenters. The maximum Gasteiger partial charge on any atom is 0.188 e. The molecule has 1 aromatic carbocycles. The predicted molar refractivity (Wildman–Crippen MR) is 78.8 cm³/mol. The monoisotopic (exact) mass is 300 g/mol. The van der Waals surface area contributed by atoms with E-state index in [0.29, 0.717) is 42.1 Å². The zero-order valence-electron chi connectivity index (χ0n) is 12.1. The Morgan fingerprint density at radius 1 is 1.25 bits per heavy atom. The van der Waals surface area contributed by atoms with Crippen LogP contribution >= 0.6 is 11.6 Å². The summed E-state index contributed by atoms with van der Waals surface area (Å²) < 4.78 is 15.7. The number of halogens is 1. The first-order chi connectivity index (χ1) is 9.54. The fourth-order valence-corrected chi connectivity index (χ4v) is 1.78. The average molecular weight is 301 g/mol. The molecule has 0 heterocycles. The topological polar surface area (TPSA) is 44.8 Å². The summed E-state index contributed by atoms with van der Waals surface area (Å²) in [4.78, 5) is 11.9. The number of benzene rings is 1. The van der Waals surface area contributed by atoms with Gasteiger partial charge in [-0.1, -0.05) is 25.4 Å². The Morgan fingerprint density at radius 3 is 2.55 bits per heavy atom. The lowest BCUT2D eigenvalue weighted by Crippen LogP contribution is -2.14. The van der Waals surface area contributed by atoms with Crippen LogP contribution in [0.3, 0.4) is 0 Å². The van der Waals surface area contributed by atoms with Gasteiger partial charge in [0.2, 0.25) is 0 Å². The van der Waals surface area contributed by atoms with Gasteiger partial charge in [-0.25, -0.2) is 0 Å². The summed E-state index contributed by atoms with van der Waals surface area (Å²) in [7, 11) is 1.53. The highest BCUT2D eigenvalue weighted by Gasteiger charge is 2.09. The highest BCUT2D eigenvalue weighted by atomic mass is 35.5. The Balaban J connectivity index is 2.31. The van der Waals surface area contributed by atoms with Crippen LogP contribution in [0.15, 0.2) is 18.2 Å². The Kier molecular flexibility index (Phi) is 7.59. The minimum absolute atomic E-state index is 0.0215. The molecule has 0 saturated carbocycles. The number of methoxy groups -OCH3 is 1. The van der Waals surface area contributed by atoms with Gasteiger partial charge in [-0.2, -0.15) is 0 Å². The zero-order chi connectivity index (χ0) is 15.0. The maximum atomic E-state index is 11.9. The molecular weight excluding hydrogens is 280 g/mol. The van der Waals surface area contributed by atoms with E-state index in [0.717, 1.165) is 0 Å². The van der Waals surface area contributed by atoms with Crippen molar-refractivity contribution in [1.29, 1.82) is 0 Å². The first kappa shape index (κ1) is 17.0. The highest BCUT2D eigenvalue weighted by Crippen LogP contribution is 2.25. The second kappa shape index (κ2) is 8.95. The molecule has 0 fully saturated rings. The van der Waals surface area contributed by atoms with E-state index in [1.54, 1.807) is 18.2 Å². The Hall–Kier alpha value is -1.10. The summed E-state index contributed by atoms with van der Waals surface area (Å²) in [5.74, 6) is 0.933. The fourth-order valence-electron chi connectivity index (χ4n) is 1.52. The van der Waals surface area contributed by atoms with Crippen molar-refractivity contribution in [2.24, 2.45) is 5.92 Å². The Morgan fingerprint density at radius 2 is 1.95 bits per heavy atom. The van der Waals surface area contributed by atoms with E-state index in [2.05, 4.69) is 13.8 Å². The normalized spacial score (nSPS) is 10.8. The van der Waals surface area contributed by atoms with Crippen molar-refractivity contribution in [2.45, 2.75) is 13.8 Å². The van der Waals surface area contributed by atoms with Crippen molar-refractivity contribution in [3.05, 3.63) is 28.8 Å². The van der Waals surface area contributed by atoms with Gasteiger partial charge in [0.1, 0.15) is 12.4 Å². The number of Topliss-reactive ketones (excluding diaryl/α,β-unsaturated/α-hetero) is 1. The van der Waals surface area contributed by atoms with Gasteiger partial charge in [0, 0.05) is 12.2 Å². The number of hydrogen-bond donors (Lipinski definition) is 0. The second-order valence-electron chi connectivity index (χ2n) is 4.79. The summed E-state index contributed by atoms with van der Waals surface area (Å²) >= 11 is 5.97. The molecular formula is C15H21ClO4. The van der Waals surface area contributed by atoms with Gasteiger partial charge in [-0.05, 0) is 24.1 Å².